The number of hydrogen-bond acceptors (Lipinski definition) is 2. The molecule has 0 spiro atoms. The molecule has 1 fully saturated rings. The number of ether oxygens (including phenoxy) is 1. The van der Waals surface area contributed by atoms with Crippen molar-refractivity contribution in [2.75, 3.05) is 26.3 Å². The lowest BCUT2D eigenvalue weighted by Crippen LogP contribution is -2.40. The zero-order valence-electron chi connectivity index (χ0n) is 10.6. The summed E-state index contributed by atoms with van der Waals surface area (Å²) >= 11 is 0. The summed E-state index contributed by atoms with van der Waals surface area (Å²) in [5.41, 5.74) is 2.66. The Morgan fingerprint density at radius 2 is 1.89 bits per heavy atom. The van der Waals surface area contributed by atoms with Crippen molar-refractivity contribution in [2.45, 2.75) is 0 Å². The number of carbonyl (C=O) groups is 1. The number of aromatic nitrogens is 1. The monoisotopic (exact) mass is 256 g/mol. The van der Waals surface area contributed by atoms with Gasteiger partial charge in [-0.15, -0.1) is 0 Å². The van der Waals surface area contributed by atoms with Gasteiger partial charge in [0.1, 0.15) is 0 Å². The van der Waals surface area contributed by atoms with Crippen LogP contribution in [-0.4, -0.2) is 42.1 Å². The molecule has 0 unspecified atom stereocenters. The third-order valence-corrected chi connectivity index (χ3v) is 3.34. The first-order chi connectivity index (χ1) is 9.36. The molecule has 2 aromatic rings. The third kappa shape index (κ3) is 2.39. The van der Waals surface area contributed by atoms with Gasteiger partial charge in [-0.1, -0.05) is 18.2 Å². The van der Waals surface area contributed by atoms with Crippen LogP contribution in [0, 0.1) is 0 Å². The summed E-state index contributed by atoms with van der Waals surface area (Å²) in [5, 5.41) is 0. The predicted octanol–water partition coefficient (Wildman–Crippen LogP) is 2.15. The Bertz CT molecular complexity index is 557. The van der Waals surface area contributed by atoms with Crippen LogP contribution >= 0.6 is 0 Å². The average molecular weight is 256 g/mol. The van der Waals surface area contributed by atoms with E-state index in [1.165, 1.54) is 0 Å². The normalized spacial score (nSPS) is 15.5. The van der Waals surface area contributed by atoms with Gasteiger partial charge in [0, 0.05) is 36.1 Å². The fourth-order valence-electron chi connectivity index (χ4n) is 2.34. The first-order valence-electron chi connectivity index (χ1n) is 6.46. The Labute approximate surface area is 112 Å². The van der Waals surface area contributed by atoms with E-state index in [1.54, 1.807) is 0 Å². The highest BCUT2D eigenvalue weighted by atomic mass is 16.5. The molecule has 0 atom stereocenters. The summed E-state index contributed by atoms with van der Waals surface area (Å²) in [4.78, 5) is 17.6. The van der Waals surface area contributed by atoms with Crippen molar-refractivity contribution in [3.05, 3.63) is 48.2 Å². The Morgan fingerprint density at radius 1 is 1.11 bits per heavy atom. The second-order valence-corrected chi connectivity index (χ2v) is 4.53. The minimum Gasteiger partial charge on any atom is -0.378 e. The van der Waals surface area contributed by atoms with E-state index in [0.717, 1.165) is 16.8 Å². The van der Waals surface area contributed by atoms with Crippen molar-refractivity contribution < 1.29 is 9.53 Å². The molecule has 1 aromatic heterocycles. The second kappa shape index (κ2) is 5.28. The maximum atomic E-state index is 12.6. The molecule has 0 radical (unpaired) electrons. The summed E-state index contributed by atoms with van der Waals surface area (Å²) in [6, 6.07) is 11.6. The van der Waals surface area contributed by atoms with Crippen molar-refractivity contribution in [1.82, 2.24) is 9.88 Å². The van der Waals surface area contributed by atoms with Crippen molar-refractivity contribution >= 4 is 5.91 Å². The SMILES string of the molecule is O=C(c1ccccc1-c1ccc[nH]1)N1CCOCC1. The molecule has 0 saturated carbocycles. The molecule has 2 heterocycles. The first-order valence-corrected chi connectivity index (χ1v) is 6.46. The highest BCUT2D eigenvalue weighted by molar-refractivity contribution is 6.00. The molecule has 4 heteroatoms. The van der Waals surface area contributed by atoms with Crippen molar-refractivity contribution in [1.29, 1.82) is 0 Å². The van der Waals surface area contributed by atoms with Crippen LogP contribution in [0.5, 0.6) is 0 Å². The lowest BCUT2D eigenvalue weighted by Gasteiger charge is -2.27. The lowest BCUT2D eigenvalue weighted by molar-refractivity contribution is 0.0303. The number of nitrogens with one attached hydrogen (secondary N) is 1. The first kappa shape index (κ1) is 12.0. The van der Waals surface area contributed by atoms with Gasteiger partial charge < -0.3 is 14.6 Å². The molecule has 4 nitrogen and oxygen atoms in total. The lowest BCUT2D eigenvalue weighted by atomic mass is 10.0. The van der Waals surface area contributed by atoms with Crippen LogP contribution in [0.2, 0.25) is 0 Å². The Kier molecular flexibility index (Phi) is 3.33. The van der Waals surface area contributed by atoms with Gasteiger partial charge in [0.05, 0.1) is 13.2 Å². The molecular formula is C15H16N2O2. The van der Waals surface area contributed by atoms with Crippen LogP contribution in [-0.2, 0) is 4.74 Å². The fraction of sp³-hybridized carbons (Fsp3) is 0.267. The smallest absolute Gasteiger partial charge is 0.254 e. The molecule has 1 aromatic carbocycles. The van der Waals surface area contributed by atoms with Crippen LogP contribution in [0.3, 0.4) is 0 Å². The Hall–Kier alpha value is -2.07. The zero-order chi connectivity index (χ0) is 13.1. The molecule has 1 aliphatic heterocycles. The van der Waals surface area contributed by atoms with E-state index in [4.69, 9.17) is 4.74 Å². The van der Waals surface area contributed by atoms with E-state index in [1.807, 2.05) is 47.5 Å². The van der Waals surface area contributed by atoms with E-state index >= 15 is 0 Å². The van der Waals surface area contributed by atoms with E-state index in [2.05, 4.69) is 4.98 Å². The van der Waals surface area contributed by atoms with Gasteiger partial charge in [0.25, 0.3) is 5.91 Å². The van der Waals surface area contributed by atoms with Gasteiger partial charge in [-0.25, -0.2) is 0 Å². The number of carbonyl (C=O) groups excluding carboxylic acids is 1. The van der Waals surface area contributed by atoms with Gasteiger partial charge >= 0.3 is 0 Å². The molecule has 1 saturated heterocycles. The molecule has 98 valence electrons. The van der Waals surface area contributed by atoms with Crippen molar-refractivity contribution in [3.8, 4) is 11.3 Å². The number of amides is 1. The van der Waals surface area contributed by atoms with Gasteiger partial charge in [-0.2, -0.15) is 0 Å². The van der Waals surface area contributed by atoms with Gasteiger partial charge in [-0.3, -0.25) is 4.79 Å². The maximum absolute atomic E-state index is 12.6. The number of nitrogens with zero attached hydrogens (tertiary/aromatic N) is 1. The molecule has 0 aliphatic carbocycles. The van der Waals surface area contributed by atoms with Crippen LogP contribution in [0.4, 0.5) is 0 Å². The average Bonchev–Trinajstić information content (AvgIpc) is 3.01. The molecule has 3 rings (SSSR count). The van der Waals surface area contributed by atoms with Crippen LogP contribution in [0.25, 0.3) is 11.3 Å². The summed E-state index contributed by atoms with van der Waals surface area (Å²) in [6.45, 7) is 2.57. The van der Waals surface area contributed by atoms with E-state index in [9.17, 15) is 4.79 Å². The minimum atomic E-state index is 0.0773. The number of aromatic amines is 1. The Morgan fingerprint density at radius 3 is 2.63 bits per heavy atom. The van der Waals surface area contributed by atoms with Crippen molar-refractivity contribution in [3.63, 3.8) is 0 Å². The molecular weight excluding hydrogens is 240 g/mol. The Balaban J connectivity index is 1.94. The number of rotatable bonds is 2. The van der Waals surface area contributed by atoms with Gasteiger partial charge in [-0.05, 0) is 18.2 Å². The molecule has 0 bridgehead atoms. The molecule has 19 heavy (non-hydrogen) atoms. The van der Waals surface area contributed by atoms with Crippen LogP contribution in [0.1, 0.15) is 10.4 Å². The highest BCUT2D eigenvalue weighted by Gasteiger charge is 2.21. The molecule has 1 amide bonds. The number of H-pyrrole nitrogens is 1. The summed E-state index contributed by atoms with van der Waals surface area (Å²) < 4.78 is 5.29. The summed E-state index contributed by atoms with van der Waals surface area (Å²) in [7, 11) is 0. The van der Waals surface area contributed by atoms with E-state index in [-0.39, 0.29) is 5.91 Å². The summed E-state index contributed by atoms with van der Waals surface area (Å²) in [6.07, 6.45) is 1.87. The van der Waals surface area contributed by atoms with Crippen LogP contribution in [0.15, 0.2) is 42.6 Å². The highest BCUT2D eigenvalue weighted by Crippen LogP contribution is 2.23. The van der Waals surface area contributed by atoms with Gasteiger partial charge in [0.15, 0.2) is 0 Å². The van der Waals surface area contributed by atoms with E-state index < -0.39 is 0 Å². The minimum absolute atomic E-state index is 0.0773. The standard InChI is InChI=1S/C15H16N2O2/c18-15(17-8-10-19-11-9-17)13-5-2-1-4-12(13)14-6-3-7-16-14/h1-7,16H,8-11H2. The summed E-state index contributed by atoms with van der Waals surface area (Å²) in [5.74, 6) is 0.0773. The third-order valence-electron chi connectivity index (χ3n) is 3.34. The second-order valence-electron chi connectivity index (χ2n) is 4.53. The van der Waals surface area contributed by atoms with Crippen molar-refractivity contribution in [2.24, 2.45) is 0 Å². The predicted molar refractivity (Wildman–Crippen MR) is 73.0 cm³/mol. The van der Waals surface area contributed by atoms with Gasteiger partial charge in [0.2, 0.25) is 0 Å². The quantitative estimate of drug-likeness (QED) is 0.895. The zero-order valence-corrected chi connectivity index (χ0v) is 10.6. The maximum Gasteiger partial charge on any atom is 0.254 e. The number of morpholine rings is 1. The van der Waals surface area contributed by atoms with E-state index in [0.29, 0.717) is 26.3 Å². The largest absolute Gasteiger partial charge is 0.378 e. The topological polar surface area (TPSA) is 45.3 Å². The van der Waals surface area contributed by atoms with Crippen LogP contribution < -0.4 is 0 Å². The fourth-order valence-corrected chi connectivity index (χ4v) is 2.34. The number of hydrogen-bond donors (Lipinski definition) is 1. The molecule has 1 N–H and O–H groups in total. The number of benzene rings is 1. The molecule has 1 aliphatic rings.